The second kappa shape index (κ2) is 6.56. The highest BCUT2D eigenvalue weighted by molar-refractivity contribution is 7.71. The number of para-hydroxylation sites is 1. The van der Waals surface area contributed by atoms with Gasteiger partial charge in [-0.25, -0.2) is 0 Å². The van der Waals surface area contributed by atoms with Crippen LogP contribution in [0, 0.1) is 0 Å². The number of fused-ring (bicyclic) bond motifs is 1. The van der Waals surface area contributed by atoms with E-state index in [-0.39, 0.29) is 7.92 Å². The molecule has 0 radical (unpaired) electrons. The molecule has 1 aliphatic rings. The fourth-order valence-electron chi connectivity index (χ4n) is 4.12. The van der Waals surface area contributed by atoms with Crippen LogP contribution in [0.15, 0.2) is 54.6 Å². The Kier molecular flexibility index (Phi) is 4.90. The summed E-state index contributed by atoms with van der Waals surface area (Å²) in [5.41, 5.74) is 2.90. The number of hydrogen-bond acceptors (Lipinski definition) is 1. The van der Waals surface area contributed by atoms with Gasteiger partial charge in [-0.05, 0) is 31.6 Å². The fourth-order valence-corrected chi connectivity index (χ4v) is 13.0. The Morgan fingerprint density at radius 3 is 2.04 bits per heavy atom. The maximum atomic E-state index is 2.79. The van der Waals surface area contributed by atoms with Gasteiger partial charge in [0.15, 0.2) is 0 Å². The maximum Gasteiger partial charge on any atom is 0.0764 e. The van der Waals surface area contributed by atoms with Crippen molar-refractivity contribution in [2.24, 2.45) is 0 Å². The first-order valence-electron chi connectivity index (χ1n) is 9.34. The highest BCUT2D eigenvalue weighted by Crippen LogP contribution is 2.63. The number of rotatable bonds is 3. The molecule has 0 amide bonds. The number of hydrogen-bond donors (Lipinski definition) is 0. The highest BCUT2D eigenvalue weighted by Gasteiger charge is 2.50. The first-order valence-corrected chi connectivity index (χ1v) is 14.3. The van der Waals surface area contributed by atoms with E-state index in [0.717, 1.165) is 0 Å². The molecular formula is C22H32NPSi. The normalized spacial score (nSPS) is 22.0. The lowest BCUT2D eigenvalue weighted by Gasteiger charge is -2.45. The van der Waals surface area contributed by atoms with Gasteiger partial charge in [0, 0.05) is 16.4 Å². The van der Waals surface area contributed by atoms with E-state index in [2.05, 4.69) is 107 Å². The van der Waals surface area contributed by atoms with Crippen molar-refractivity contribution in [3.8, 4) is 0 Å². The molecule has 1 unspecified atom stereocenters. The Balaban J connectivity index is 2.18. The Morgan fingerprint density at radius 1 is 0.920 bits per heavy atom. The largest absolute Gasteiger partial charge is 0.360 e. The van der Waals surface area contributed by atoms with E-state index in [1.54, 1.807) is 5.30 Å². The summed E-state index contributed by atoms with van der Waals surface area (Å²) >= 11 is 0. The topological polar surface area (TPSA) is 3.24 Å². The summed E-state index contributed by atoms with van der Waals surface area (Å²) < 4.78 is 0. The van der Waals surface area contributed by atoms with Gasteiger partial charge in [0.05, 0.1) is 14.1 Å². The zero-order valence-electron chi connectivity index (χ0n) is 16.7. The average Bonchev–Trinajstić information content (AvgIpc) is 2.90. The minimum absolute atomic E-state index is 0.228. The van der Waals surface area contributed by atoms with E-state index in [9.17, 15) is 0 Å². The van der Waals surface area contributed by atoms with Gasteiger partial charge in [0.1, 0.15) is 0 Å². The van der Waals surface area contributed by atoms with E-state index >= 15 is 0 Å². The Labute approximate surface area is 156 Å². The van der Waals surface area contributed by atoms with Crippen molar-refractivity contribution < 1.29 is 0 Å². The van der Waals surface area contributed by atoms with E-state index < -0.39 is 8.07 Å². The molecule has 0 N–H and O–H groups in total. The van der Waals surface area contributed by atoms with Crippen LogP contribution in [0.5, 0.6) is 0 Å². The van der Waals surface area contributed by atoms with Crippen molar-refractivity contribution in [1.82, 2.24) is 0 Å². The summed E-state index contributed by atoms with van der Waals surface area (Å²) in [4.78, 5) is 2.79. The number of benzene rings is 2. The van der Waals surface area contributed by atoms with E-state index in [1.807, 2.05) is 0 Å². The molecule has 0 saturated carbocycles. The molecule has 1 nitrogen and oxygen atoms in total. The Hall–Kier alpha value is -1.11. The molecule has 0 bridgehead atoms. The molecule has 0 saturated heterocycles. The van der Waals surface area contributed by atoms with Crippen molar-refractivity contribution in [2.75, 3.05) is 4.90 Å². The third-order valence-electron chi connectivity index (χ3n) is 5.12. The molecule has 0 aliphatic carbocycles. The molecule has 2 aromatic rings. The van der Waals surface area contributed by atoms with Crippen molar-refractivity contribution in [3.63, 3.8) is 0 Å². The quantitative estimate of drug-likeness (QED) is 0.448. The molecule has 25 heavy (non-hydrogen) atoms. The van der Waals surface area contributed by atoms with Crippen LogP contribution in [0.3, 0.4) is 0 Å². The molecule has 134 valence electrons. The van der Waals surface area contributed by atoms with Crippen molar-refractivity contribution >= 4 is 27.0 Å². The van der Waals surface area contributed by atoms with Gasteiger partial charge in [0.2, 0.25) is 0 Å². The minimum atomic E-state index is -1.40. The lowest BCUT2D eigenvalue weighted by Crippen LogP contribution is -2.50. The molecule has 0 aromatic heterocycles. The van der Waals surface area contributed by atoms with Gasteiger partial charge < -0.3 is 4.90 Å². The van der Waals surface area contributed by atoms with E-state index in [1.165, 1.54) is 11.3 Å². The second-order valence-electron chi connectivity index (χ2n) is 9.26. The third kappa shape index (κ3) is 3.44. The number of anilines is 1. The standard InChI is InChI=1S/C22H32NPSi/c1-17(18-13-9-8-10-14-18)23-19-15-11-12-16-20(19)24(22(2,3)4)21(23)25(5,6)7/h8-17,21H,1-7H3/t17-,21+,24?/m0/s1. The summed E-state index contributed by atoms with van der Waals surface area (Å²) in [5.74, 6) is 0. The van der Waals surface area contributed by atoms with Crippen LogP contribution in [-0.2, 0) is 0 Å². The van der Waals surface area contributed by atoms with Crippen LogP contribution in [0.1, 0.15) is 39.3 Å². The highest BCUT2D eigenvalue weighted by atomic mass is 31.1. The molecule has 2 aromatic carbocycles. The summed E-state index contributed by atoms with van der Waals surface area (Å²) in [6, 6.07) is 20.6. The number of nitrogens with zero attached hydrogens (tertiary/aromatic N) is 1. The molecule has 3 heteroatoms. The first kappa shape index (κ1) is 18.7. The van der Waals surface area contributed by atoms with Crippen LogP contribution >= 0.6 is 7.92 Å². The average molecular weight is 370 g/mol. The Morgan fingerprint density at radius 2 is 1.48 bits per heavy atom. The minimum Gasteiger partial charge on any atom is -0.360 e. The van der Waals surface area contributed by atoms with Gasteiger partial charge >= 0.3 is 0 Å². The Bertz CT molecular complexity index is 730. The third-order valence-corrected chi connectivity index (χ3v) is 13.1. The van der Waals surface area contributed by atoms with E-state index in [0.29, 0.717) is 16.6 Å². The van der Waals surface area contributed by atoms with Gasteiger partial charge in [-0.1, -0.05) is 88.9 Å². The van der Waals surface area contributed by atoms with Gasteiger partial charge in [-0.2, -0.15) is 0 Å². The zero-order chi connectivity index (χ0) is 18.4. The lowest BCUT2D eigenvalue weighted by atomic mass is 10.1. The summed E-state index contributed by atoms with van der Waals surface area (Å²) in [6.45, 7) is 17.4. The van der Waals surface area contributed by atoms with Gasteiger partial charge in [0.25, 0.3) is 0 Å². The summed E-state index contributed by atoms with van der Waals surface area (Å²) in [5, 5.41) is 2.61. The summed E-state index contributed by atoms with van der Waals surface area (Å²) in [6.07, 6.45) is 0. The van der Waals surface area contributed by atoms with E-state index in [4.69, 9.17) is 0 Å². The van der Waals surface area contributed by atoms with Crippen molar-refractivity contribution in [2.45, 2.75) is 63.9 Å². The van der Waals surface area contributed by atoms with Crippen molar-refractivity contribution in [1.29, 1.82) is 0 Å². The molecular weight excluding hydrogens is 337 g/mol. The van der Waals surface area contributed by atoms with Crippen LogP contribution in [0.4, 0.5) is 5.69 Å². The monoisotopic (exact) mass is 369 g/mol. The molecule has 3 rings (SSSR count). The molecule has 1 aliphatic heterocycles. The van der Waals surface area contributed by atoms with Crippen LogP contribution in [0.2, 0.25) is 19.6 Å². The molecule has 3 atom stereocenters. The van der Waals surface area contributed by atoms with Crippen LogP contribution in [0.25, 0.3) is 0 Å². The van der Waals surface area contributed by atoms with Crippen molar-refractivity contribution in [3.05, 3.63) is 60.2 Å². The molecule has 1 heterocycles. The first-order chi connectivity index (χ1) is 11.6. The second-order valence-corrected chi connectivity index (χ2v) is 18.1. The predicted octanol–water partition coefficient (Wildman–Crippen LogP) is 6.38. The molecule has 0 spiro atoms. The smallest absolute Gasteiger partial charge is 0.0764 e. The SMILES string of the molecule is C[C@@H](c1ccccc1)N1c2ccccc2P(C(C)(C)C)[C@@H]1[Si](C)(C)C. The fraction of sp³-hybridized carbons (Fsp3) is 0.455. The van der Waals surface area contributed by atoms with Gasteiger partial charge in [-0.3, -0.25) is 0 Å². The van der Waals surface area contributed by atoms with Gasteiger partial charge in [-0.15, -0.1) is 0 Å². The maximum absolute atomic E-state index is 2.79. The lowest BCUT2D eigenvalue weighted by molar-refractivity contribution is 0.695. The summed E-state index contributed by atoms with van der Waals surface area (Å²) in [7, 11) is -1.63. The van der Waals surface area contributed by atoms with Crippen LogP contribution in [-0.4, -0.2) is 18.6 Å². The predicted molar refractivity (Wildman–Crippen MR) is 117 cm³/mol. The van der Waals surface area contributed by atoms with Crippen LogP contribution < -0.4 is 10.2 Å². The molecule has 0 fully saturated rings. The zero-order valence-corrected chi connectivity index (χ0v) is 18.6.